The van der Waals surface area contributed by atoms with Crippen molar-refractivity contribution >= 4 is 22.3 Å². The summed E-state index contributed by atoms with van der Waals surface area (Å²) < 4.78 is 4.18. The van der Waals surface area contributed by atoms with Gasteiger partial charge in [0, 0.05) is 0 Å². The molecule has 0 radical (unpaired) electrons. The van der Waals surface area contributed by atoms with Gasteiger partial charge < -0.3 is 24.8 Å². The Morgan fingerprint density at radius 3 is 1.65 bits per heavy atom. The van der Waals surface area contributed by atoms with Crippen molar-refractivity contribution in [2.45, 2.75) is 36.3 Å². The molecule has 6 heteroatoms. The third kappa shape index (κ3) is 6.54. The fourth-order valence-electron chi connectivity index (χ4n) is 5.40. The quantitative estimate of drug-likeness (QED) is 0.185. The van der Waals surface area contributed by atoms with Gasteiger partial charge in [-0.1, -0.05) is 0 Å². The summed E-state index contributed by atoms with van der Waals surface area (Å²) >= 11 is -2.93. The number of fused-ring (bicyclic) bond motifs is 3. The van der Waals surface area contributed by atoms with E-state index < -0.39 is 26.9 Å². The first-order chi connectivity index (χ1) is 17.3. The molecule has 1 aliphatic rings. The molecule has 1 N–H and O–H groups in total. The van der Waals surface area contributed by atoms with Crippen LogP contribution in [0.3, 0.4) is 0 Å². The topological polar surface area (TPSA) is 29.1 Å². The second-order valence-corrected chi connectivity index (χ2v) is 29.1. The normalized spacial score (nSPS) is 11.6. The Kier molecular flexibility index (Phi) is 11.4. The van der Waals surface area contributed by atoms with Gasteiger partial charge in [-0.2, -0.15) is 0 Å². The molecule has 0 saturated carbocycles. The van der Waals surface area contributed by atoms with E-state index in [1.54, 1.807) is 0 Å². The van der Waals surface area contributed by atoms with Crippen LogP contribution < -0.4 is 38.5 Å². The summed E-state index contributed by atoms with van der Waals surface area (Å²) in [6, 6.07) is 39.9. The Hall–Kier alpha value is -1.98. The summed E-state index contributed by atoms with van der Waals surface area (Å²) in [5, 5.41) is 2.91. The van der Waals surface area contributed by atoms with E-state index in [4.69, 9.17) is 0 Å². The minimum Gasteiger partial charge on any atom is -1.00 e. The van der Waals surface area contributed by atoms with E-state index in [9.17, 15) is 4.79 Å². The van der Waals surface area contributed by atoms with Crippen LogP contribution in [0.4, 0.5) is 0 Å². The first-order valence-corrected chi connectivity index (χ1v) is 24.5. The number of amides is 1. The van der Waals surface area contributed by atoms with E-state index >= 15 is 0 Å². The molecular weight excluding hydrogens is 680 g/mol. The first kappa shape index (κ1) is 29.6. The number of halogens is 2. The van der Waals surface area contributed by atoms with Gasteiger partial charge in [0.1, 0.15) is 0 Å². The summed E-state index contributed by atoms with van der Waals surface area (Å²) in [7, 11) is 0. The van der Waals surface area contributed by atoms with Crippen LogP contribution in [0.15, 0.2) is 109 Å². The predicted octanol–water partition coefficient (Wildman–Crippen LogP) is -0.468. The van der Waals surface area contributed by atoms with E-state index in [-0.39, 0.29) is 30.7 Å². The molecule has 0 aliphatic heterocycles. The SMILES string of the molecule is CCCCCC(=O)[NH][Hf+2]([CH]1c2ccccc2-c2ccccc21)[SiH](c1ccccc1)c1ccccc1.[Cl-].[Cl-]. The number of unbranched alkanes of at least 4 members (excludes halogenated alkanes) is 2. The van der Waals surface area contributed by atoms with Crippen molar-refractivity contribution in [3.63, 3.8) is 0 Å². The van der Waals surface area contributed by atoms with Gasteiger partial charge in [-0.15, -0.1) is 0 Å². The maximum absolute atomic E-state index is 13.4. The van der Waals surface area contributed by atoms with Gasteiger partial charge in [-0.25, -0.2) is 0 Å². The van der Waals surface area contributed by atoms with Crippen molar-refractivity contribution < 1.29 is 50.5 Å². The summed E-state index contributed by atoms with van der Waals surface area (Å²) in [5.74, 6) is -1.38. The number of rotatable bonds is 9. The van der Waals surface area contributed by atoms with Gasteiger partial charge in [0.2, 0.25) is 0 Å². The van der Waals surface area contributed by atoms with Crippen LogP contribution >= 0.6 is 0 Å². The van der Waals surface area contributed by atoms with E-state index in [0.717, 1.165) is 19.3 Å². The zero-order valence-electron chi connectivity index (χ0n) is 21.0. The number of hydrogen-bond acceptors (Lipinski definition) is 1. The van der Waals surface area contributed by atoms with E-state index in [1.165, 1.54) is 32.6 Å². The van der Waals surface area contributed by atoms with Gasteiger partial charge in [-0.3, -0.25) is 0 Å². The molecule has 1 amide bonds. The minimum absolute atomic E-state index is 0. The number of nitrogens with one attached hydrogen (secondary N) is 1. The number of hydrogen-bond donors (Lipinski definition) is 1. The second-order valence-electron chi connectivity index (χ2n) is 9.32. The molecule has 5 rings (SSSR count). The number of carbonyl (C=O) groups excluding carboxylic acids is 1. The summed E-state index contributed by atoms with van der Waals surface area (Å²) in [6.45, 7) is 2.19. The van der Waals surface area contributed by atoms with Crippen molar-refractivity contribution in [2.24, 2.45) is 0 Å². The fraction of sp³-hybridized carbons (Fsp3) is 0.194. The Morgan fingerprint density at radius 1 is 0.703 bits per heavy atom. The van der Waals surface area contributed by atoms with Crippen molar-refractivity contribution in [1.29, 1.82) is 0 Å². The van der Waals surface area contributed by atoms with Crippen molar-refractivity contribution in [3.8, 4) is 11.1 Å². The van der Waals surface area contributed by atoms with E-state index in [0.29, 0.717) is 10.1 Å². The minimum atomic E-state index is -2.93. The van der Waals surface area contributed by atoms with Gasteiger partial charge >= 0.3 is 219 Å². The largest absolute Gasteiger partial charge is 1.00 e. The van der Waals surface area contributed by atoms with Crippen LogP contribution in [-0.2, 0) is 25.7 Å². The zero-order valence-corrected chi connectivity index (χ0v) is 27.3. The molecule has 0 bridgehead atoms. The molecule has 0 saturated heterocycles. The summed E-state index contributed by atoms with van der Waals surface area (Å²) in [4.78, 5) is 13.4. The molecule has 4 aromatic carbocycles. The molecule has 4 aromatic rings. The van der Waals surface area contributed by atoms with Crippen LogP contribution in [-0.4, -0.2) is 11.9 Å². The second kappa shape index (κ2) is 14.2. The molecule has 1 aliphatic carbocycles. The van der Waals surface area contributed by atoms with Crippen molar-refractivity contribution in [1.82, 2.24) is 3.30 Å². The monoisotopic (exact) mass is 712 g/mol. The molecule has 189 valence electrons. The fourth-order valence-corrected chi connectivity index (χ4v) is 35.8. The zero-order chi connectivity index (χ0) is 24.0. The molecule has 0 aromatic heterocycles. The van der Waals surface area contributed by atoms with Gasteiger partial charge in [0.25, 0.3) is 0 Å². The predicted molar refractivity (Wildman–Crippen MR) is 145 cm³/mol. The molecule has 37 heavy (non-hydrogen) atoms. The van der Waals surface area contributed by atoms with Crippen LogP contribution in [0.5, 0.6) is 0 Å². The maximum atomic E-state index is 13.4. The maximum Gasteiger partial charge on any atom is -1.00 e. The van der Waals surface area contributed by atoms with E-state index in [2.05, 4.69) is 119 Å². The molecule has 0 atom stereocenters. The third-order valence-electron chi connectivity index (χ3n) is 7.01. The Morgan fingerprint density at radius 2 is 1.16 bits per heavy atom. The molecule has 0 heterocycles. The Labute approximate surface area is 242 Å². The number of carbonyl (C=O) groups is 1. The van der Waals surface area contributed by atoms with Crippen molar-refractivity contribution in [2.75, 3.05) is 0 Å². The summed E-state index contributed by atoms with van der Waals surface area (Å²) in [6.07, 6.45) is 3.86. The number of benzene rings is 4. The molecule has 0 unspecified atom stereocenters. The smallest absolute Gasteiger partial charge is 1.00 e. The van der Waals surface area contributed by atoms with Crippen LogP contribution in [0, 0.1) is 0 Å². The molecular formula is C31H32Cl2HfNOSi. The Bertz CT molecular complexity index is 1200. The molecule has 2 nitrogen and oxygen atoms in total. The third-order valence-corrected chi connectivity index (χ3v) is 34.0. The van der Waals surface area contributed by atoms with Crippen LogP contribution in [0.25, 0.3) is 11.1 Å². The van der Waals surface area contributed by atoms with E-state index in [1.807, 2.05) is 0 Å². The average Bonchev–Trinajstić information content (AvgIpc) is 3.24. The first-order valence-electron chi connectivity index (χ1n) is 12.7. The van der Waals surface area contributed by atoms with Crippen LogP contribution in [0.2, 0.25) is 0 Å². The average molecular weight is 712 g/mol. The standard InChI is InChI=1S/C13H9.C12H11Si.C6H13NO.2ClH.Hf/c1-3-7-12-10(5-1)9-11-6-2-4-8-13(11)12;1-3-7-11(8-4-1)13-12-9-5-2-6-10-12;1-2-3-4-5-6(7)8;;;/h1-9H;1-10,13H;2-5H2,1H3,(H2,7,8);2*1H;/q;;;;;+3/p-3. The molecule has 0 fully saturated rings. The van der Waals surface area contributed by atoms with Gasteiger partial charge in [0.05, 0.1) is 0 Å². The van der Waals surface area contributed by atoms with Gasteiger partial charge in [-0.05, 0) is 0 Å². The summed E-state index contributed by atoms with van der Waals surface area (Å²) in [5.41, 5.74) is 5.55. The van der Waals surface area contributed by atoms with Crippen molar-refractivity contribution in [3.05, 3.63) is 120 Å². The Balaban J connectivity index is 0.00000190. The molecule has 0 spiro atoms. The van der Waals surface area contributed by atoms with Gasteiger partial charge in [0.15, 0.2) is 0 Å². The van der Waals surface area contributed by atoms with Crippen LogP contribution in [0.1, 0.15) is 47.4 Å².